The molecule has 0 saturated heterocycles. The molecule has 4 aromatic rings. The summed E-state index contributed by atoms with van der Waals surface area (Å²) in [6.45, 7) is 0. The first kappa shape index (κ1) is 14.2. The first-order valence-corrected chi connectivity index (χ1v) is 8.59. The van der Waals surface area contributed by atoms with Crippen LogP contribution in [0.25, 0.3) is 22.2 Å². The summed E-state index contributed by atoms with van der Waals surface area (Å²) in [6, 6.07) is 29.1. The second kappa shape index (κ2) is 5.75. The average molecular weight is 323 g/mol. The van der Waals surface area contributed by atoms with Crippen molar-refractivity contribution >= 4 is 10.9 Å². The van der Waals surface area contributed by atoms with Crippen LogP contribution in [0, 0.1) is 0 Å². The third-order valence-corrected chi connectivity index (χ3v) is 4.81. The van der Waals surface area contributed by atoms with Gasteiger partial charge in [-0.15, -0.1) is 0 Å². The number of benzene rings is 3. The van der Waals surface area contributed by atoms with Crippen LogP contribution in [-0.4, -0.2) is 4.98 Å². The lowest BCUT2D eigenvalue weighted by molar-refractivity contribution is 0.241. The first-order valence-electron chi connectivity index (χ1n) is 8.59. The molecule has 25 heavy (non-hydrogen) atoms. The van der Waals surface area contributed by atoms with Crippen molar-refractivity contribution in [2.24, 2.45) is 0 Å². The van der Waals surface area contributed by atoms with Crippen LogP contribution in [-0.2, 0) is 6.42 Å². The van der Waals surface area contributed by atoms with E-state index < -0.39 is 0 Å². The van der Waals surface area contributed by atoms with E-state index in [1.165, 1.54) is 11.1 Å². The van der Waals surface area contributed by atoms with E-state index in [2.05, 4.69) is 60.7 Å². The van der Waals surface area contributed by atoms with Crippen molar-refractivity contribution in [3.8, 4) is 17.0 Å². The van der Waals surface area contributed by atoms with Gasteiger partial charge >= 0.3 is 0 Å². The molecule has 2 nitrogen and oxygen atoms in total. The summed E-state index contributed by atoms with van der Waals surface area (Å²) in [5.41, 5.74) is 5.57. The molecular formula is C23H17NO. The van der Waals surface area contributed by atoms with Gasteiger partial charge in [-0.2, -0.15) is 0 Å². The van der Waals surface area contributed by atoms with E-state index >= 15 is 0 Å². The second-order valence-corrected chi connectivity index (χ2v) is 6.37. The monoisotopic (exact) mass is 323 g/mol. The number of fused-ring (bicyclic) bond motifs is 3. The van der Waals surface area contributed by atoms with E-state index in [4.69, 9.17) is 9.72 Å². The van der Waals surface area contributed by atoms with Gasteiger partial charge in [-0.25, -0.2) is 4.98 Å². The lowest BCUT2D eigenvalue weighted by atomic mass is 9.98. The molecule has 3 aromatic carbocycles. The predicted molar refractivity (Wildman–Crippen MR) is 101 cm³/mol. The summed E-state index contributed by atoms with van der Waals surface area (Å²) in [7, 11) is 0. The first-order chi connectivity index (χ1) is 12.4. The van der Waals surface area contributed by atoms with Gasteiger partial charge in [0, 0.05) is 22.9 Å². The van der Waals surface area contributed by atoms with Crippen LogP contribution in [0.15, 0.2) is 84.9 Å². The van der Waals surface area contributed by atoms with Gasteiger partial charge < -0.3 is 4.74 Å². The van der Waals surface area contributed by atoms with Crippen molar-refractivity contribution in [2.45, 2.75) is 12.5 Å². The highest BCUT2D eigenvalue weighted by Gasteiger charge is 2.29. The Bertz CT molecular complexity index is 1040. The molecule has 0 aliphatic carbocycles. The zero-order valence-corrected chi connectivity index (χ0v) is 13.7. The van der Waals surface area contributed by atoms with Crippen molar-refractivity contribution in [1.82, 2.24) is 4.98 Å². The number of pyridine rings is 1. The van der Waals surface area contributed by atoms with Gasteiger partial charge in [0.05, 0.1) is 11.2 Å². The molecule has 0 radical (unpaired) electrons. The van der Waals surface area contributed by atoms with Gasteiger partial charge in [-0.3, -0.25) is 0 Å². The van der Waals surface area contributed by atoms with Crippen molar-refractivity contribution in [1.29, 1.82) is 0 Å². The summed E-state index contributed by atoms with van der Waals surface area (Å²) in [6.07, 6.45) is 0.896. The standard InChI is InChI=1S/C23H17NO/c1-3-9-16(10-4-1)21-15-19-22(17-11-5-2-6-12-17)24-20-14-8-7-13-18(20)23(19)25-21/h1-14,21H,15H2. The Morgan fingerprint density at radius 1 is 0.760 bits per heavy atom. The minimum absolute atomic E-state index is 0.0475. The van der Waals surface area contributed by atoms with Crippen LogP contribution in [0.5, 0.6) is 5.75 Å². The average Bonchev–Trinajstić information content (AvgIpc) is 3.14. The largest absolute Gasteiger partial charge is 0.484 e. The number of hydrogen-bond donors (Lipinski definition) is 0. The summed E-state index contributed by atoms with van der Waals surface area (Å²) < 4.78 is 6.43. The third kappa shape index (κ3) is 2.38. The lowest BCUT2D eigenvalue weighted by Crippen LogP contribution is -2.02. The zero-order valence-electron chi connectivity index (χ0n) is 13.7. The van der Waals surface area contributed by atoms with Crippen LogP contribution in [0.2, 0.25) is 0 Å². The van der Waals surface area contributed by atoms with E-state index in [-0.39, 0.29) is 6.10 Å². The molecule has 2 heteroatoms. The Kier molecular flexibility index (Phi) is 3.27. The van der Waals surface area contributed by atoms with E-state index in [1.807, 2.05) is 24.3 Å². The van der Waals surface area contributed by atoms with E-state index in [1.54, 1.807) is 0 Å². The molecular weight excluding hydrogens is 306 g/mol. The Morgan fingerprint density at radius 2 is 1.44 bits per heavy atom. The topological polar surface area (TPSA) is 22.1 Å². The van der Waals surface area contributed by atoms with Gasteiger partial charge in [0.15, 0.2) is 0 Å². The molecule has 1 aliphatic rings. The normalized spacial score (nSPS) is 15.8. The third-order valence-electron chi connectivity index (χ3n) is 4.81. The maximum atomic E-state index is 6.43. The molecule has 0 saturated carbocycles. The number of nitrogens with zero attached hydrogens (tertiary/aromatic N) is 1. The highest BCUT2D eigenvalue weighted by molar-refractivity contribution is 5.91. The van der Waals surface area contributed by atoms with Crippen molar-refractivity contribution in [3.05, 3.63) is 96.1 Å². The molecule has 120 valence electrons. The van der Waals surface area contributed by atoms with Crippen LogP contribution < -0.4 is 4.74 Å². The maximum Gasteiger partial charge on any atom is 0.135 e. The molecule has 1 aromatic heterocycles. The second-order valence-electron chi connectivity index (χ2n) is 6.37. The van der Waals surface area contributed by atoms with Gasteiger partial charge in [-0.05, 0) is 17.7 Å². The van der Waals surface area contributed by atoms with Gasteiger partial charge in [0.1, 0.15) is 11.9 Å². The van der Waals surface area contributed by atoms with Crippen LogP contribution in [0.3, 0.4) is 0 Å². The SMILES string of the molecule is c1ccc(-c2nc3ccccc3c3c2CC(c2ccccc2)O3)cc1. The number of ether oxygens (including phenoxy) is 1. The number of aromatic nitrogens is 1. The highest BCUT2D eigenvalue weighted by atomic mass is 16.5. The summed E-state index contributed by atoms with van der Waals surface area (Å²) in [4.78, 5) is 4.97. The van der Waals surface area contributed by atoms with E-state index in [0.717, 1.165) is 34.3 Å². The van der Waals surface area contributed by atoms with Gasteiger partial charge in [0.25, 0.3) is 0 Å². The minimum Gasteiger partial charge on any atom is -0.484 e. The molecule has 0 bridgehead atoms. The van der Waals surface area contributed by atoms with E-state index in [0.29, 0.717) is 0 Å². The molecule has 0 fully saturated rings. The van der Waals surface area contributed by atoms with E-state index in [9.17, 15) is 0 Å². The molecule has 2 heterocycles. The Morgan fingerprint density at radius 3 is 2.24 bits per heavy atom. The number of hydrogen-bond acceptors (Lipinski definition) is 2. The number of para-hydroxylation sites is 1. The maximum absolute atomic E-state index is 6.43. The molecule has 0 spiro atoms. The quantitative estimate of drug-likeness (QED) is 0.480. The smallest absolute Gasteiger partial charge is 0.135 e. The zero-order chi connectivity index (χ0) is 16.6. The minimum atomic E-state index is 0.0475. The fourth-order valence-electron chi connectivity index (χ4n) is 3.60. The Balaban J connectivity index is 1.72. The van der Waals surface area contributed by atoms with Gasteiger partial charge in [-0.1, -0.05) is 72.8 Å². The van der Waals surface area contributed by atoms with Crippen LogP contribution >= 0.6 is 0 Å². The van der Waals surface area contributed by atoms with Gasteiger partial charge in [0.2, 0.25) is 0 Å². The Labute approximate surface area is 146 Å². The van der Waals surface area contributed by atoms with Crippen LogP contribution in [0.1, 0.15) is 17.2 Å². The molecule has 0 amide bonds. The molecule has 1 atom stereocenters. The van der Waals surface area contributed by atoms with Crippen molar-refractivity contribution < 1.29 is 4.74 Å². The predicted octanol–water partition coefficient (Wildman–Crippen LogP) is 5.58. The molecule has 0 N–H and O–H groups in total. The summed E-state index contributed by atoms with van der Waals surface area (Å²) >= 11 is 0. The molecule has 1 aliphatic heterocycles. The number of rotatable bonds is 2. The van der Waals surface area contributed by atoms with Crippen LogP contribution in [0.4, 0.5) is 0 Å². The fraction of sp³-hybridized carbons (Fsp3) is 0.0870. The van der Waals surface area contributed by atoms with Crippen molar-refractivity contribution in [2.75, 3.05) is 0 Å². The summed E-state index contributed by atoms with van der Waals surface area (Å²) in [5, 5.41) is 1.09. The molecule has 1 unspecified atom stereocenters. The molecule has 5 rings (SSSR count). The Hall–Kier alpha value is -3.13. The highest BCUT2D eigenvalue weighted by Crippen LogP contribution is 2.45. The van der Waals surface area contributed by atoms with Crippen molar-refractivity contribution in [3.63, 3.8) is 0 Å². The fourth-order valence-corrected chi connectivity index (χ4v) is 3.60. The lowest BCUT2D eigenvalue weighted by Gasteiger charge is -2.11. The summed E-state index contributed by atoms with van der Waals surface area (Å²) in [5.74, 6) is 0.985.